The van der Waals surface area contributed by atoms with Crippen LogP contribution in [-0.4, -0.2) is 20.0 Å². The molecular weight excluding hydrogens is 540 g/mol. The average molecular weight is 572 g/mol. The second-order valence-corrected chi connectivity index (χ2v) is 13.3. The van der Waals surface area contributed by atoms with E-state index >= 15 is 0 Å². The molecular formula is C29H31F2N3O3S2. The number of sulfonamides is 1. The molecule has 1 heterocycles. The van der Waals surface area contributed by atoms with E-state index in [-0.39, 0.29) is 21.1 Å². The molecule has 4 rings (SSSR count). The number of nitrogens with zero attached hydrogens (tertiary/aromatic N) is 1. The van der Waals surface area contributed by atoms with Gasteiger partial charge in [-0.25, -0.2) is 22.2 Å². The molecule has 4 aromatic rings. The molecule has 1 aromatic heterocycles. The highest BCUT2D eigenvalue weighted by Gasteiger charge is 2.23. The Hall–Kier alpha value is -3.50. The summed E-state index contributed by atoms with van der Waals surface area (Å²) in [5.74, 6) is -0.823. The third-order valence-corrected chi connectivity index (χ3v) is 8.58. The minimum atomic E-state index is -4.13. The summed E-state index contributed by atoms with van der Waals surface area (Å²) in [7, 11) is -4.13. The summed E-state index contributed by atoms with van der Waals surface area (Å²) in [5.41, 5.74) is 9.06. The van der Waals surface area contributed by atoms with Gasteiger partial charge >= 0.3 is 0 Å². The third kappa shape index (κ3) is 6.75. The molecule has 39 heavy (non-hydrogen) atoms. The standard InChI is InChI=1S/C29H31F2N3O3S2/c1-17-7-6-8-18(2)25(17)26-27(19-13-20(30)15-21(14-19)37-12-11-29(3,4)5)38-28(33-26)34-39(35,36)22-9-10-23(31)24(32)16-22/h6-10,13-16H,11-12,32H2,1-5H3,(H,33,34). The number of hydrogen-bond acceptors (Lipinski definition) is 6. The first-order valence-electron chi connectivity index (χ1n) is 12.3. The molecule has 0 saturated heterocycles. The van der Waals surface area contributed by atoms with Crippen molar-refractivity contribution >= 4 is 32.2 Å². The van der Waals surface area contributed by atoms with E-state index in [0.717, 1.165) is 52.6 Å². The van der Waals surface area contributed by atoms with Crippen LogP contribution in [0.25, 0.3) is 21.7 Å². The maximum atomic E-state index is 14.8. The van der Waals surface area contributed by atoms with E-state index in [2.05, 4.69) is 30.5 Å². The lowest BCUT2D eigenvalue weighted by atomic mass is 9.93. The highest BCUT2D eigenvalue weighted by Crippen LogP contribution is 2.43. The van der Waals surface area contributed by atoms with Gasteiger partial charge in [0.25, 0.3) is 10.0 Å². The lowest BCUT2D eigenvalue weighted by molar-refractivity contribution is 0.242. The number of halogens is 2. The highest BCUT2D eigenvalue weighted by atomic mass is 32.2. The van der Waals surface area contributed by atoms with Crippen LogP contribution in [0.2, 0.25) is 0 Å². The van der Waals surface area contributed by atoms with Crippen LogP contribution in [-0.2, 0) is 10.0 Å². The van der Waals surface area contributed by atoms with Crippen molar-refractivity contribution < 1.29 is 21.9 Å². The molecule has 0 aliphatic heterocycles. The summed E-state index contributed by atoms with van der Waals surface area (Å²) in [5, 5.41) is 0.0741. The van der Waals surface area contributed by atoms with E-state index in [4.69, 9.17) is 10.5 Å². The Balaban J connectivity index is 1.80. The van der Waals surface area contributed by atoms with Crippen molar-refractivity contribution in [2.75, 3.05) is 17.1 Å². The molecule has 206 valence electrons. The van der Waals surface area contributed by atoms with Crippen molar-refractivity contribution in [2.24, 2.45) is 5.41 Å². The van der Waals surface area contributed by atoms with Gasteiger partial charge in [-0.3, -0.25) is 4.72 Å². The fraction of sp³-hybridized carbons (Fsp3) is 0.276. The second kappa shape index (κ2) is 10.9. The van der Waals surface area contributed by atoms with Crippen LogP contribution in [0.3, 0.4) is 0 Å². The molecule has 0 saturated carbocycles. The minimum Gasteiger partial charge on any atom is -0.493 e. The van der Waals surface area contributed by atoms with Crippen LogP contribution in [0.4, 0.5) is 19.6 Å². The molecule has 0 fully saturated rings. The molecule has 3 N–H and O–H groups in total. The monoisotopic (exact) mass is 571 g/mol. The molecule has 0 aliphatic carbocycles. The lowest BCUT2D eigenvalue weighted by Gasteiger charge is -2.18. The maximum absolute atomic E-state index is 14.8. The summed E-state index contributed by atoms with van der Waals surface area (Å²) in [4.78, 5) is 5.01. The first-order chi connectivity index (χ1) is 18.2. The maximum Gasteiger partial charge on any atom is 0.263 e. The lowest BCUT2D eigenvalue weighted by Crippen LogP contribution is -2.13. The van der Waals surface area contributed by atoms with Crippen molar-refractivity contribution in [3.63, 3.8) is 0 Å². The number of thiazole rings is 1. The summed E-state index contributed by atoms with van der Waals surface area (Å²) >= 11 is 1.07. The quantitative estimate of drug-likeness (QED) is 0.213. The Morgan fingerprint density at radius 3 is 2.36 bits per heavy atom. The molecule has 0 radical (unpaired) electrons. The van der Waals surface area contributed by atoms with E-state index in [0.29, 0.717) is 28.5 Å². The number of aryl methyl sites for hydroxylation is 2. The molecule has 0 amide bonds. The predicted molar refractivity (Wildman–Crippen MR) is 154 cm³/mol. The largest absolute Gasteiger partial charge is 0.493 e. The number of anilines is 2. The average Bonchev–Trinajstić information content (AvgIpc) is 3.22. The van der Waals surface area contributed by atoms with Crippen LogP contribution in [0.1, 0.15) is 38.3 Å². The van der Waals surface area contributed by atoms with Gasteiger partial charge in [-0.05, 0) is 67.1 Å². The number of rotatable bonds is 8. The van der Waals surface area contributed by atoms with E-state index in [1.807, 2.05) is 32.0 Å². The van der Waals surface area contributed by atoms with E-state index in [9.17, 15) is 17.2 Å². The van der Waals surface area contributed by atoms with Crippen LogP contribution >= 0.6 is 11.3 Å². The van der Waals surface area contributed by atoms with Crippen LogP contribution in [0.5, 0.6) is 5.75 Å². The highest BCUT2D eigenvalue weighted by molar-refractivity contribution is 7.93. The van der Waals surface area contributed by atoms with Crippen LogP contribution < -0.4 is 15.2 Å². The third-order valence-electron chi connectivity index (χ3n) is 6.10. The Morgan fingerprint density at radius 1 is 1.03 bits per heavy atom. The first-order valence-corrected chi connectivity index (χ1v) is 14.6. The summed E-state index contributed by atoms with van der Waals surface area (Å²) < 4.78 is 63.0. The normalized spacial score (nSPS) is 12.0. The van der Waals surface area contributed by atoms with Gasteiger partial charge in [0, 0.05) is 17.2 Å². The van der Waals surface area contributed by atoms with Gasteiger partial charge in [-0.2, -0.15) is 0 Å². The molecule has 6 nitrogen and oxygen atoms in total. The summed E-state index contributed by atoms with van der Waals surface area (Å²) in [6.07, 6.45) is 0.785. The molecule has 0 aliphatic rings. The fourth-order valence-corrected chi connectivity index (χ4v) is 6.26. The van der Waals surface area contributed by atoms with E-state index in [1.54, 1.807) is 6.07 Å². The number of aromatic nitrogens is 1. The number of nitrogens with one attached hydrogen (secondary N) is 1. The SMILES string of the molecule is Cc1cccc(C)c1-c1nc(NS(=O)(=O)c2ccc(F)c(N)c2)sc1-c1cc(F)cc(OCCC(C)(C)C)c1. The minimum absolute atomic E-state index is 0.0601. The molecule has 0 spiro atoms. The Bertz CT molecular complexity index is 1610. The number of nitrogen functional groups attached to an aromatic ring is 1. The Morgan fingerprint density at radius 2 is 1.72 bits per heavy atom. The van der Waals surface area contributed by atoms with Gasteiger partial charge in [0.2, 0.25) is 0 Å². The van der Waals surface area contributed by atoms with Crippen molar-refractivity contribution in [3.05, 3.63) is 77.4 Å². The van der Waals surface area contributed by atoms with Gasteiger partial charge in [0.15, 0.2) is 5.13 Å². The van der Waals surface area contributed by atoms with E-state index in [1.165, 1.54) is 12.1 Å². The predicted octanol–water partition coefficient (Wildman–Crippen LogP) is 7.57. The van der Waals surface area contributed by atoms with Crippen molar-refractivity contribution in [1.29, 1.82) is 0 Å². The molecule has 3 aromatic carbocycles. The van der Waals surface area contributed by atoms with Crippen molar-refractivity contribution in [1.82, 2.24) is 4.98 Å². The number of ether oxygens (including phenoxy) is 1. The fourth-order valence-electron chi connectivity index (χ4n) is 4.03. The van der Waals surface area contributed by atoms with E-state index < -0.39 is 21.7 Å². The zero-order valence-electron chi connectivity index (χ0n) is 22.4. The van der Waals surface area contributed by atoms with Crippen molar-refractivity contribution in [2.45, 2.75) is 45.9 Å². The topological polar surface area (TPSA) is 94.3 Å². The van der Waals surface area contributed by atoms with Gasteiger partial charge in [0.05, 0.1) is 27.8 Å². The zero-order valence-corrected chi connectivity index (χ0v) is 24.1. The van der Waals surface area contributed by atoms with Gasteiger partial charge in [-0.1, -0.05) is 50.3 Å². The first kappa shape index (κ1) is 28.5. The molecule has 0 atom stereocenters. The summed E-state index contributed by atoms with van der Waals surface area (Å²) in [6, 6.07) is 13.4. The second-order valence-electron chi connectivity index (χ2n) is 10.6. The Labute approximate surface area is 231 Å². The molecule has 10 heteroatoms. The molecule has 0 bridgehead atoms. The van der Waals surface area contributed by atoms with Gasteiger partial charge in [-0.15, -0.1) is 0 Å². The number of hydrogen-bond donors (Lipinski definition) is 2. The van der Waals surface area contributed by atoms with Crippen LogP contribution in [0.15, 0.2) is 59.5 Å². The van der Waals surface area contributed by atoms with Crippen LogP contribution in [0, 0.1) is 30.9 Å². The zero-order chi connectivity index (χ0) is 28.5. The van der Waals surface area contributed by atoms with Crippen molar-refractivity contribution in [3.8, 4) is 27.4 Å². The number of nitrogens with two attached hydrogens (primary N) is 1. The number of benzene rings is 3. The van der Waals surface area contributed by atoms with Gasteiger partial charge < -0.3 is 10.5 Å². The smallest absolute Gasteiger partial charge is 0.263 e. The molecule has 0 unspecified atom stereocenters. The Kier molecular flexibility index (Phi) is 7.99. The van der Waals surface area contributed by atoms with Gasteiger partial charge in [0.1, 0.15) is 17.4 Å². The summed E-state index contributed by atoms with van der Waals surface area (Å²) in [6.45, 7) is 10.6.